The third-order valence-corrected chi connectivity index (χ3v) is 8.30. The Hall–Kier alpha value is -2.42. The normalized spacial score (nSPS) is 18.1. The number of hydrogen-bond acceptors (Lipinski definition) is 4. The van der Waals surface area contributed by atoms with E-state index in [1.54, 1.807) is 0 Å². The highest BCUT2D eigenvalue weighted by Crippen LogP contribution is 2.39. The highest BCUT2D eigenvalue weighted by atomic mass is 79.9. The van der Waals surface area contributed by atoms with Crippen molar-refractivity contribution < 1.29 is 14.4 Å². The molecule has 2 aromatic rings. The summed E-state index contributed by atoms with van der Waals surface area (Å²) in [7, 11) is 0. The first-order chi connectivity index (χ1) is 18.1. The molecule has 7 nitrogen and oxygen atoms in total. The zero-order valence-corrected chi connectivity index (χ0v) is 25.6. The number of benzene rings is 2. The molecule has 1 atom stereocenters. The number of nitrogens with one attached hydrogen (secondary N) is 1. The van der Waals surface area contributed by atoms with Crippen LogP contribution in [0.5, 0.6) is 0 Å². The van der Waals surface area contributed by atoms with Crippen LogP contribution in [0.2, 0.25) is 0 Å². The fourth-order valence-corrected chi connectivity index (χ4v) is 5.90. The summed E-state index contributed by atoms with van der Waals surface area (Å²) in [5, 5.41) is 3.21. The van der Waals surface area contributed by atoms with Crippen LogP contribution in [0, 0.1) is 5.92 Å². The maximum atomic E-state index is 13.8. The maximum Gasteiger partial charge on any atom is 0.328 e. The van der Waals surface area contributed by atoms with Crippen LogP contribution >= 0.6 is 28.3 Å². The van der Waals surface area contributed by atoms with E-state index in [2.05, 4.69) is 38.3 Å². The second-order valence-corrected chi connectivity index (χ2v) is 12.0. The van der Waals surface area contributed by atoms with Gasteiger partial charge in [-0.2, -0.15) is 0 Å². The molecule has 2 aliphatic rings. The van der Waals surface area contributed by atoms with Gasteiger partial charge in [-0.25, -0.2) is 4.79 Å². The molecule has 212 valence electrons. The summed E-state index contributed by atoms with van der Waals surface area (Å²) >= 11 is 3.45. The van der Waals surface area contributed by atoms with Gasteiger partial charge >= 0.3 is 6.03 Å². The van der Waals surface area contributed by atoms with Crippen LogP contribution in [0.1, 0.15) is 64.1 Å². The third kappa shape index (κ3) is 6.84. The van der Waals surface area contributed by atoms with Crippen LogP contribution in [0.25, 0.3) is 0 Å². The molecule has 2 saturated heterocycles. The van der Waals surface area contributed by atoms with Crippen molar-refractivity contribution in [3.05, 3.63) is 70.2 Å². The number of urea groups is 1. The molecule has 1 spiro atoms. The van der Waals surface area contributed by atoms with E-state index in [0.717, 1.165) is 41.7 Å². The van der Waals surface area contributed by atoms with Gasteiger partial charge in [-0.1, -0.05) is 72.2 Å². The van der Waals surface area contributed by atoms with Gasteiger partial charge in [0, 0.05) is 36.1 Å². The summed E-state index contributed by atoms with van der Waals surface area (Å²) in [6, 6.07) is 17.5. The first-order valence-corrected chi connectivity index (χ1v) is 14.4. The fourth-order valence-electron chi connectivity index (χ4n) is 5.64. The molecule has 0 aromatic heterocycles. The second kappa shape index (κ2) is 13.3. The Kier molecular flexibility index (Phi) is 10.6. The lowest BCUT2D eigenvalue weighted by Crippen LogP contribution is -2.58. The number of carbonyl (C=O) groups is 3. The number of halogens is 2. The molecular weight excluding hydrogens is 580 g/mol. The molecule has 0 unspecified atom stereocenters. The average Bonchev–Trinajstić information content (AvgIpc) is 3.10. The maximum absolute atomic E-state index is 13.8. The zero-order valence-electron chi connectivity index (χ0n) is 23.2. The summed E-state index contributed by atoms with van der Waals surface area (Å²) in [5.74, 6) is -0.112. The zero-order chi connectivity index (χ0) is 27.4. The monoisotopic (exact) mass is 618 g/mol. The number of amides is 4. The summed E-state index contributed by atoms with van der Waals surface area (Å²) in [6.07, 6.45) is 2.01. The quantitative estimate of drug-likeness (QED) is 0.361. The van der Waals surface area contributed by atoms with Crippen molar-refractivity contribution in [1.82, 2.24) is 20.0 Å². The van der Waals surface area contributed by atoms with Crippen molar-refractivity contribution in [1.29, 1.82) is 0 Å². The van der Waals surface area contributed by atoms with E-state index in [9.17, 15) is 14.4 Å². The Balaban J connectivity index is 0.00000420. The lowest BCUT2D eigenvalue weighted by atomic mass is 9.84. The highest BCUT2D eigenvalue weighted by Gasteiger charge is 2.58. The summed E-state index contributed by atoms with van der Waals surface area (Å²) in [5.41, 5.74) is 1.24. The van der Waals surface area contributed by atoms with E-state index >= 15 is 0 Å². The van der Waals surface area contributed by atoms with Gasteiger partial charge in [-0.15, -0.1) is 12.4 Å². The van der Waals surface area contributed by atoms with Crippen molar-refractivity contribution in [2.75, 3.05) is 19.6 Å². The molecule has 2 heterocycles. The molecule has 4 amide bonds. The van der Waals surface area contributed by atoms with Gasteiger partial charge < -0.3 is 15.1 Å². The standard InChI is InChI=1S/C30H39BrN4O3.ClH/c1-21(2)27(36)32-26(24-8-6-5-7-9-24)14-17-33-18-15-30(16-19-33)28(37)34(29(38)35(30)22(3)4)20-23-10-12-25(31)13-11-23;/h5-13,21-22,26H,14-20H2,1-4H3,(H,32,36);1H/t26-;/m0./s1. The van der Waals surface area contributed by atoms with Gasteiger partial charge in [0.05, 0.1) is 12.6 Å². The molecule has 0 radical (unpaired) electrons. The molecule has 2 aliphatic heterocycles. The number of nitrogens with zero attached hydrogens (tertiary/aromatic N) is 3. The number of piperidine rings is 1. The molecule has 0 aliphatic carbocycles. The predicted octanol–water partition coefficient (Wildman–Crippen LogP) is 5.78. The Morgan fingerprint density at radius 1 is 0.974 bits per heavy atom. The molecule has 0 bridgehead atoms. The molecule has 4 rings (SSSR count). The summed E-state index contributed by atoms with van der Waals surface area (Å²) in [4.78, 5) is 45.4. The minimum absolute atomic E-state index is 0. The Labute approximate surface area is 246 Å². The van der Waals surface area contributed by atoms with Crippen LogP contribution in [-0.4, -0.2) is 63.8 Å². The van der Waals surface area contributed by atoms with Gasteiger partial charge in [0.1, 0.15) is 5.54 Å². The molecule has 1 N–H and O–H groups in total. The molecular formula is C30H40BrClN4O3. The van der Waals surface area contributed by atoms with E-state index < -0.39 is 5.54 Å². The van der Waals surface area contributed by atoms with Crippen LogP contribution in [0.15, 0.2) is 59.1 Å². The minimum atomic E-state index is -0.790. The van der Waals surface area contributed by atoms with Crippen LogP contribution in [0.4, 0.5) is 4.79 Å². The Bertz CT molecular complexity index is 1130. The van der Waals surface area contributed by atoms with Gasteiger partial charge in [0.15, 0.2) is 0 Å². The van der Waals surface area contributed by atoms with Gasteiger partial charge in [-0.05, 0) is 56.4 Å². The number of imide groups is 1. The molecule has 9 heteroatoms. The summed E-state index contributed by atoms with van der Waals surface area (Å²) in [6.45, 7) is 10.3. The van der Waals surface area contributed by atoms with Gasteiger partial charge in [0.2, 0.25) is 5.91 Å². The smallest absolute Gasteiger partial charge is 0.328 e. The van der Waals surface area contributed by atoms with Crippen molar-refractivity contribution in [3.63, 3.8) is 0 Å². The minimum Gasteiger partial charge on any atom is -0.349 e. The van der Waals surface area contributed by atoms with Gasteiger partial charge in [0.25, 0.3) is 5.91 Å². The average molecular weight is 620 g/mol. The largest absolute Gasteiger partial charge is 0.349 e. The first-order valence-electron chi connectivity index (χ1n) is 13.6. The van der Waals surface area contributed by atoms with E-state index in [1.165, 1.54) is 4.90 Å². The third-order valence-electron chi connectivity index (χ3n) is 7.77. The highest BCUT2D eigenvalue weighted by molar-refractivity contribution is 9.10. The molecule has 0 saturated carbocycles. The fraction of sp³-hybridized carbons (Fsp3) is 0.500. The van der Waals surface area contributed by atoms with Crippen LogP contribution in [0.3, 0.4) is 0 Å². The molecule has 2 fully saturated rings. The number of carbonyl (C=O) groups excluding carboxylic acids is 3. The van der Waals surface area contributed by atoms with Crippen LogP contribution in [-0.2, 0) is 16.1 Å². The van der Waals surface area contributed by atoms with Crippen molar-refractivity contribution in [2.24, 2.45) is 5.92 Å². The van der Waals surface area contributed by atoms with E-state index in [0.29, 0.717) is 12.8 Å². The van der Waals surface area contributed by atoms with Crippen molar-refractivity contribution >= 4 is 46.2 Å². The lowest BCUT2D eigenvalue weighted by molar-refractivity contribution is -0.136. The first kappa shape index (κ1) is 31.1. The second-order valence-electron chi connectivity index (χ2n) is 11.1. The Morgan fingerprint density at radius 2 is 1.59 bits per heavy atom. The van der Waals surface area contributed by atoms with Crippen molar-refractivity contribution in [3.8, 4) is 0 Å². The molecule has 39 heavy (non-hydrogen) atoms. The SMILES string of the molecule is CC(C)C(=O)N[C@@H](CCN1CCC2(CC1)C(=O)N(Cc1ccc(Br)cc1)C(=O)N2C(C)C)c1ccccc1.Cl. The number of rotatable bonds is 9. The lowest BCUT2D eigenvalue weighted by Gasteiger charge is -2.44. The van der Waals surface area contributed by atoms with Gasteiger partial charge in [-0.3, -0.25) is 14.5 Å². The van der Waals surface area contributed by atoms with E-state index in [4.69, 9.17) is 0 Å². The van der Waals surface area contributed by atoms with E-state index in [1.807, 2.05) is 75.1 Å². The number of hydrogen-bond donors (Lipinski definition) is 1. The Morgan fingerprint density at radius 3 is 2.15 bits per heavy atom. The van der Waals surface area contributed by atoms with Crippen molar-refractivity contribution in [2.45, 2.75) is 71.1 Å². The predicted molar refractivity (Wildman–Crippen MR) is 159 cm³/mol. The topological polar surface area (TPSA) is 73.0 Å². The van der Waals surface area contributed by atoms with Crippen LogP contribution < -0.4 is 5.32 Å². The van der Waals surface area contributed by atoms with E-state index in [-0.39, 0.29) is 54.8 Å². The number of likely N-dealkylation sites (tertiary alicyclic amines) is 1. The molecule has 2 aromatic carbocycles. The summed E-state index contributed by atoms with van der Waals surface area (Å²) < 4.78 is 0.964.